The van der Waals surface area contributed by atoms with Crippen LogP contribution in [-0.2, 0) is 0 Å². The van der Waals surface area contributed by atoms with Crippen molar-refractivity contribution in [1.82, 2.24) is 5.01 Å². The summed E-state index contributed by atoms with van der Waals surface area (Å²) in [5.74, 6) is 1.75. The molecule has 23 heavy (non-hydrogen) atoms. The van der Waals surface area contributed by atoms with Crippen LogP contribution in [0.25, 0.3) is 6.08 Å². The maximum Gasteiger partial charge on any atom is 0.142 e. The highest BCUT2D eigenvalue weighted by molar-refractivity contribution is 5.77. The lowest BCUT2D eigenvalue weighted by molar-refractivity contribution is 0.271. The molecule has 2 aromatic rings. The van der Waals surface area contributed by atoms with Crippen LogP contribution in [0.1, 0.15) is 5.76 Å². The second kappa shape index (κ2) is 7.54. The van der Waals surface area contributed by atoms with Crippen molar-refractivity contribution in [1.29, 1.82) is 0 Å². The summed E-state index contributed by atoms with van der Waals surface area (Å²) < 4.78 is 10.7. The van der Waals surface area contributed by atoms with Crippen molar-refractivity contribution >= 4 is 18.0 Å². The van der Waals surface area contributed by atoms with Gasteiger partial charge >= 0.3 is 0 Å². The molecule has 0 spiro atoms. The van der Waals surface area contributed by atoms with Crippen LogP contribution in [0.5, 0.6) is 5.75 Å². The third-order valence-corrected chi connectivity index (χ3v) is 3.80. The number of anilines is 1. The lowest BCUT2D eigenvalue weighted by Gasteiger charge is -2.35. The molecule has 1 aliphatic heterocycles. The zero-order valence-corrected chi connectivity index (χ0v) is 13.3. The number of hydrogen-bond donors (Lipinski definition) is 0. The van der Waals surface area contributed by atoms with E-state index in [0.717, 1.165) is 43.4 Å². The summed E-state index contributed by atoms with van der Waals surface area (Å²) in [6.07, 6.45) is 7.26. The summed E-state index contributed by atoms with van der Waals surface area (Å²) in [6, 6.07) is 11.9. The molecule has 1 fully saturated rings. The number of para-hydroxylation sites is 2. The molecule has 0 atom stereocenters. The fourth-order valence-electron chi connectivity index (χ4n) is 2.60. The smallest absolute Gasteiger partial charge is 0.142 e. The molecule has 5 nitrogen and oxygen atoms in total. The molecule has 2 heterocycles. The summed E-state index contributed by atoms with van der Waals surface area (Å²) >= 11 is 0. The minimum atomic E-state index is 0.831. The van der Waals surface area contributed by atoms with Gasteiger partial charge in [0.1, 0.15) is 11.5 Å². The van der Waals surface area contributed by atoms with Crippen LogP contribution in [0, 0.1) is 0 Å². The monoisotopic (exact) mass is 311 g/mol. The standard InChI is InChI=1S/C18H21N3O2/c1-22-18-9-3-2-8-17(18)20-11-13-21(14-12-20)19-10-4-6-16-7-5-15-23-16/h2-10,15H,11-14H2,1H3/b6-4-,19-10?. The molecule has 0 saturated carbocycles. The van der Waals surface area contributed by atoms with E-state index in [1.54, 1.807) is 19.6 Å². The Morgan fingerprint density at radius 3 is 2.65 bits per heavy atom. The highest BCUT2D eigenvalue weighted by Gasteiger charge is 2.17. The fourth-order valence-corrected chi connectivity index (χ4v) is 2.60. The number of furan rings is 1. The van der Waals surface area contributed by atoms with Gasteiger partial charge in [0, 0.05) is 19.3 Å². The average Bonchev–Trinajstić information content (AvgIpc) is 3.13. The van der Waals surface area contributed by atoms with Crippen LogP contribution in [0.15, 0.2) is 58.3 Å². The molecule has 0 unspecified atom stereocenters. The van der Waals surface area contributed by atoms with E-state index in [9.17, 15) is 0 Å². The van der Waals surface area contributed by atoms with Crippen molar-refractivity contribution in [3.8, 4) is 5.75 Å². The number of allylic oxidation sites excluding steroid dienone is 1. The molecule has 1 aliphatic rings. The Morgan fingerprint density at radius 2 is 1.91 bits per heavy atom. The molecule has 1 saturated heterocycles. The topological polar surface area (TPSA) is 41.2 Å². The molecule has 0 radical (unpaired) electrons. The highest BCUT2D eigenvalue weighted by Crippen LogP contribution is 2.28. The first kappa shape index (κ1) is 15.2. The van der Waals surface area contributed by atoms with E-state index in [1.807, 2.05) is 42.5 Å². The van der Waals surface area contributed by atoms with Gasteiger partial charge in [-0.05, 0) is 36.4 Å². The summed E-state index contributed by atoms with van der Waals surface area (Å²) in [5.41, 5.74) is 1.15. The summed E-state index contributed by atoms with van der Waals surface area (Å²) in [4.78, 5) is 2.34. The maximum absolute atomic E-state index is 5.44. The van der Waals surface area contributed by atoms with E-state index in [2.05, 4.69) is 21.1 Å². The Kier molecular flexibility index (Phi) is 4.99. The number of benzene rings is 1. The molecule has 0 N–H and O–H groups in total. The van der Waals surface area contributed by atoms with Crippen LogP contribution in [0.4, 0.5) is 5.69 Å². The number of methoxy groups -OCH3 is 1. The van der Waals surface area contributed by atoms with Crippen molar-refractivity contribution in [3.63, 3.8) is 0 Å². The van der Waals surface area contributed by atoms with Crippen LogP contribution in [-0.4, -0.2) is 44.5 Å². The first-order valence-electron chi connectivity index (χ1n) is 7.74. The molecular formula is C18H21N3O2. The van der Waals surface area contributed by atoms with Crippen molar-refractivity contribution < 1.29 is 9.15 Å². The van der Waals surface area contributed by atoms with Gasteiger partial charge in [-0.3, -0.25) is 5.01 Å². The van der Waals surface area contributed by atoms with Crippen LogP contribution >= 0.6 is 0 Å². The first-order chi connectivity index (χ1) is 11.4. The third kappa shape index (κ3) is 3.94. The van der Waals surface area contributed by atoms with E-state index in [1.165, 1.54) is 0 Å². The van der Waals surface area contributed by atoms with Gasteiger partial charge in [0.15, 0.2) is 0 Å². The normalized spacial score (nSPS) is 15.7. The molecular weight excluding hydrogens is 290 g/mol. The van der Waals surface area contributed by atoms with Crippen LogP contribution in [0.3, 0.4) is 0 Å². The lowest BCUT2D eigenvalue weighted by atomic mass is 10.2. The van der Waals surface area contributed by atoms with E-state index >= 15 is 0 Å². The predicted molar refractivity (Wildman–Crippen MR) is 93.0 cm³/mol. The molecule has 1 aromatic carbocycles. The van der Waals surface area contributed by atoms with Crippen LogP contribution in [0.2, 0.25) is 0 Å². The molecule has 5 heteroatoms. The third-order valence-electron chi connectivity index (χ3n) is 3.80. The van der Waals surface area contributed by atoms with Gasteiger partial charge in [0.2, 0.25) is 0 Å². The van der Waals surface area contributed by atoms with E-state index in [4.69, 9.17) is 9.15 Å². The Labute approximate surface area is 136 Å². The minimum Gasteiger partial charge on any atom is -0.495 e. The fraction of sp³-hybridized carbons (Fsp3) is 0.278. The Hall–Kier alpha value is -2.69. The number of hydrogen-bond acceptors (Lipinski definition) is 5. The SMILES string of the molecule is COc1ccccc1N1CCN(N=C/C=C\c2ccco2)CC1. The Morgan fingerprint density at radius 1 is 1.09 bits per heavy atom. The van der Waals surface area contributed by atoms with Crippen molar-refractivity contribution in [2.24, 2.45) is 5.10 Å². The molecule has 120 valence electrons. The van der Waals surface area contributed by atoms with Gasteiger partial charge in [-0.2, -0.15) is 5.10 Å². The van der Waals surface area contributed by atoms with Crippen LogP contribution < -0.4 is 9.64 Å². The van der Waals surface area contributed by atoms with Crippen molar-refractivity contribution in [2.75, 3.05) is 38.2 Å². The molecule has 0 amide bonds. The summed E-state index contributed by atoms with van der Waals surface area (Å²) in [7, 11) is 1.71. The number of hydrazone groups is 1. The van der Waals surface area contributed by atoms with E-state index < -0.39 is 0 Å². The summed E-state index contributed by atoms with van der Waals surface area (Å²) in [5, 5.41) is 6.56. The molecule has 0 aliphatic carbocycles. The van der Waals surface area contributed by atoms with Gasteiger partial charge in [-0.1, -0.05) is 12.1 Å². The van der Waals surface area contributed by atoms with Gasteiger partial charge < -0.3 is 14.1 Å². The predicted octanol–water partition coefficient (Wildman–Crippen LogP) is 3.11. The molecule has 3 rings (SSSR count). The zero-order chi connectivity index (χ0) is 15.9. The highest BCUT2D eigenvalue weighted by atomic mass is 16.5. The van der Waals surface area contributed by atoms with E-state index in [-0.39, 0.29) is 0 Å². The van der Waals surface area contributed by atoms with Gasteiger partial charge in [0.25, 0.3) is 0 Å². The number of ether oxygens (including phenoxy) is 1. The van der Waals surface area contributed by atoms with Gasteiger partial charge in [-0.25, -0.2) is 0 Å². The zero-order valence-electron chi connectivity index (χ0n) is 13.3. The maximum atomic E-state index is 5.44. The Bertz CT molecular complexity index is 657. The van der Waals surface area contributed by atoms with Gasteiger partial charge in [-0.15, -0.1) is 0 Å². The van der Waals surface area contributed by atoms with Gasteiger partial charge in [0.05, 0.1) is 32.1 Å². The summed E-state index contributed by atoms with van der Waals surface area (Å²) in [6.45, 7) is 3.64. The van der Waals surface area contributed by atoms with Crippen molar-refractivity contribution in [2.45, 2.75) is 0 Å². The quantitative estimate of drug-likeness (QED) is 0.796. The van der Waals surface area contributed by atoms with E-state index in [0.29, 0.717) is 0 Å². The number of nitrogens with zero attached hydrogens (tertiary/aromatic N) is 3. The average molecular weight is 311 g/mol. The largest absolute Gasteiger partial charge is 0.495 e. The second-order valence-electron chi connectivity index (χ2n) is 5.25. The number of rotatable bonds is 5. The lowest BCUT2D eigenvalue weighted by Crippen LogP contribution is -2.44. The second-order valence-corrected chi connectivity index (χ2v) is 5.25. The molecule has 1 aromatic heterocycles. The first-order valence-corrected chi connectivity index (χ1v) is 7.74. The Balaban J connectivity index is 1.52. The van der Waals surface area contributed by atoms with Crippen molar-refractivity contribution in [3.05, 3.63) is 54.5 Å². The molecule has 0 bridgehead atoms. The number of piperazine rings is 1. The minimum absolute atomic E-state index is 0.831.